The molecule has 0 spiro atoms. The predicted octanol–water partition coefficient (Wildman–Crippen LogP) is 3.87. The predicted molar refractivity (Wildman–Crippen MR) is 93.1 cm³/mol. The lowest BCUT2D eigenvalue weighted by Crippen LogP contribution is -2.05. The normalized spacial score (nSPS) is 10.6. The summed E-state index contributed by atoms with van der Waals surface area (Å²) in [6, 6.07) is 9.92. The molecular weight excluding hydrogens is 310 g/mol. The van der Waals surface area contributed by atoms with Crippen LogP contribution >= 0.6 is 11.3 Å². The lowest BCUT2D eigenvalue weighted by atomic mass is 10.2. The van der Waals surface area contributed by atoms with Gasteiger partial charge in [0.1, 0.15) is 0 Å². The maximum absolute atomic E-state index is 5.33. The van der Waals surface area contributed by atoms with Gasteiger partial charge >= 0.3 is 0 Å². The average molecular weight is 329 g/mol. The van der Waals surface area contributed by atoms with Crippen LogP contribution in [0.4, 0.5) is 5.69 Å². The number of methoxy groups -OCH3 is 2. The molecule has 0 unspecified atom stereocenters. The van der Waals surface area contributed by atoms with Crippen molar-refractivity contribution in [3.63, 3.8) is 0 Å². The molecule has 23 heavy (non-hydrogen) atoms. The summed E-state index contributed by atoms with van der Waals surface area (Å²) in [5, 5.41) is 6.45. The molecule has 1 N–H and O–H groups in total. The lowest BCUT2D eigenvalue weighted by Gasteiger charge is -2.12. The molecule has 0 aliphatic heterocycles. The number of nitrogens with one attached hydrogen (secondary N) is 1. The van der Waals surface area contributed by atoms with Crippen molar-refractivity contribution in [3.05, 3.63) is 53.3 Å². The third kappa shape index (κ3) is 3.32. The van der Waals surface area contributed by atoms with Crippen LogP contribution in [0.5, 0.6) is 11.5 Å². The molecule has 0 aliphatic carbocycles. The van der Waals surface area contributed by atoms with Gasteiger partial charge in [0.25, 0.3) is 0 Å². The highest BCUT2D eigenvalue weighted by Gasteiger charge is 2.08. The van der Waals surface area contributed by atoms with Gasteiger partial charge in [0, 0.05) is 29.0 Å². The molecule has 0 saturated carbocycles. The number of aromatic nitrogens is 2. The number of benzene rings is 1. The first-order chi connectivity index (χ1) is 11.2. The standard InChI is InChI=1S/C17H19N3O2S/c1-12-11-23-17(19-12)20-8-4-5-14(20)10-18-13-6-7-15(21-2)16(9-13)22-3/h4-9,11,18H,10H2,1-3H3. The minimum Gasteiger partial charge on any atom is -0.493 e. The molecule has 0 aliphatic rings. The third-order valence-electron chi connectivity index (χ3n) is 3.50. The minimum absolute atomic E-state index is 0.696. The second-order valence-corrected chi connectivity index (χ2v) is 5.90. The summed E-state index contributed by atoms with van der Waals surface area (Å²) < 4.78 is 12.7. The van der Waals surface area contributed by atoms with Gasteiger partial charge in [0.2, 0.25) is 0 Å². The van der Waals surface area contributed by atoms with Crippen molar-refractivity contribution in [1.82, 2.24) is 9.55 Å². The first-order valence-electron chi connectivity index (χ1n) is 7.26. The molecule has 0 radical (unpaired) electrons. The molecule has 0 amide bonds. The first kappa shape index (κ1) is 15.4. The summed E-state index contributed by atoms with van der Waals surface area (Å²) in [5.74, 6) is 1.43. The quantitative estimate of drug-likeness (QED) is 0.746. The fraction of sp³-hybridized carbons (Fsp3) is 0.235. The largest absolute Gasteiger partial charge is 0.493 e. The van der Waals surface area contributed by atoms with Crippen molar-refractivity contribution < 1.29 is 9.47 Å². The molecule has 3 rings (SSSR count). The Labute approximate surface area is 139 Å². The topological polar surface area (TPSA) is 48.3 Å². The average Bonchev–Trinajstić information content (AvgIpc) is 3.20. The minimum atomic E-state index is 0.696. The van der Waals surface area contributed by atoms with Crippen LogP contribution in [0.15, 0.2) is 41.9 Å². The SMILES string of the molecule is COc1ccc(NCc2cccn2-c2nc(C)cs2)cc1OC. The van der Waals surface area contributed by atoms with E-state index in [1.54, 1.807) is 25.6 Å². The summed E-state index contributed by atoms with van der Waals surface area (Å²) in [6.07, 6.45) is 2.03. The van der Waals surface area contributed by atoms with E-state index >= 15 is 0 Å². The van der Waals surface area contributed by atoms with Crippen molar-refractivity contribution in [2.24, 2.45) is 0 Å². The highest BCUT2D eigenvalue weighted by Crippen LogP contribution is 2.30. The summed E-state index contributed by atoms with van der Waals surface area (Å²) in [4.78, 5) is 4.54. The molecule has 0 bridgehead atoms. The summed E-state index contributed by atoms with van der Waals surface area (Å²) in [5.41, 5.74) is 3.16. The van der Waals surface area contributed by atoms with Crippen LogP contribution in [0.25, 0.3) is 5.13 Å². The van der Waals surface area contributed by atoms with Crippen molar-refractivity contribution >= 4 is 17.0 Å². The van der Waals surface area contributed by atoms with E-state index in [1.807, 2.05) is 37.4 Å². The van der Waals surface area contributed by atoms with Crippen LogP contribution < -0.4 is 14.8 Å². The zero-order chi connectivity index (χ0) is 16.2. The van der Waals surface area contributed by atoms with Crippen molar-refractivity contribution in [3.8, 4) is 16.6 Å². The number of rotatable bonds is 6. The van der Waals surface area contributed by atoms with E-state index in [4.69, 9.17) is 9.47 Å². The molecule has 0 fully saturated rings. The van der Waals surface area contributed by atoms with Gasteiger partial charge in [0.05, 0.1) is 26.5 Å². The van der Waals surface area contributed by atoms with Crippen LogP contribution in [0.3, 0.4) is 0 Å². The number of hydrogen-bond acceptors (Lipinski definition) is 5. The lowest BCUT2D eigenvalue weighted by molar-refractivity contribution is 0.355. The molecule has 0 saturated heterocycles. The Morgan fingerprint density at radius 1 is 1.17 bits per heavy atom. The fourth-order valence-electron chi connectivity index (χ4n) is 2.34. The Kier molecular flexibility index (Phi) is 4.52. The number of aryl methyl sites for hydroxylation is 1. The van der Waals surface area contributed by atoms with E-state index < -0.39 is 0 Å². The van der Waals surface area contributed by atoms with Gasteiger partial charge in [-0.05, 0) is 31.2 Å². The monoisotopic (exact) mass is 329 g/mol. The smallest absolute Gasteiger partial charge is 0.194 e. The third-order valence-corrected chi connectivity index (χ3v) is 4.46. The highest BCUT2D eigenvalue weighted by molar-refractivity contribution is 7.12. The zero-order valence-corrected chi connectivity index (χ0v) is 14.2. The van der Waals surface area contributed by atoms with E-state index in [9.17, 15) is 0 Å². The summed E-state index contributed by atoms with van der Waals surface area (Å²) >= 11 is 1.64. The van der Waals surface area contributed by atoms with Crippen LogP contribution in [-0.2, 0) is 6.54 Å². The van der Waals surface area contributed by atoms with E-state index in [0.717, 1.165) is 28.0 Å². The molecule has 0 atom stereocenters. The van der Waals surface area contributed by atoms with Gasteiger partial charge in [-0.15, -0.1) is 11.3 Å². The van der Waals surface area contributed by atoms with Crippen LogP contribution in [0, 0.1) is 6.92 Å². The summed E-state index contributed by atoms with van der Waals surface area (Å²) in [6.45, 7) is 2.70. The highest BCUT2D eigenvalue weighted by atomic mass is 32.1. The molecular formula is C17H19N3O2S. The molecule has 5 nitrogen and oxygen atoms in total. The van der Waals surface area contributed by atoms with Gasteiger partial charge < -0.3 is 14.8 Å². The Hall–Kier alpha value is -2.47. The van der Waals surface area contributed by atoms with Gasteiger partial charge in [-0.1, -0.05) is 0 Å². The molecule has 2 aromatic heterocycles. The number of anilines is 1. The van der Waals surface area contributed by atoms with Crippen LogP contribution in [-0.4, -0.2) is 23.8 Å². The fourth-order valence-corrected chi connectivity index (χ4v) is 3.15. The van der Waals surface area contributed by atoms with E-state index in [1.165, 1.54) is 0 Å². The summed E-state index contributed by atoms with van der Waals surface area (Å²) in [7, 11) is 3.27. The van der Waals surface area contributed by atoms with Gasteiger partial charge in [0.15, 0.2) is 16.6 Å². The molecule has 120 valence electrons. The number of thiazole rings is 1. The molecule has 2 heterocycles. The van der Waals surface area contributed by atoms with Crippen molar-refractivity contribution in [2.75, 3.05) is 19.5 Å². The van der Waals surface area contributed by atoms with Gasteiger partial charge in [-0.25, -0.2) is 4.98 Å². The van der Waals surface area contributed by atoms with Crippen molar-refractivity contribution in [1.29, 1.82) is 0 Å². The Bertz CT molecular complexity index is 795. The van der Waals surface area contributed by atoms with E-state index in [-0.39, 0.29) is 0 Å². The van der Waals surface area contributed by atoms with Crippen LogP contribution in [0.1, 0.15) is 11.4 Å². The number of nitrogens with zero attached hydrogens (tertiary/aromatic N) is 2. The van der Waals surface area contributed by atoms with E-state index in [0.29, 0.717) is 12.3 Å². The second-order valence-electron chi connectivity index (χ2n) is 5.06. The maximum Gasteiger partial charge on any atom is 0.194 e. The van der Waals surface area contributed by atoms with Gasteiger partial charge in [-0.3, -0.25) is 4.57 Å². The molecule has 6 heteroatoms. The zero-order valence-electron chi connectivity index (χ0n) is 13.4. The Morgan fingerprint density at radius 3 is 2.70 bits per heavy atom. The Balaban J connectivity index is 1.76. The van der Waals surface area contributed by atoms with Gasteiger partial charge in [-0.2, -0.15) is 0 Å². The first-order valence-corrected chi connectivity index (χ1v) is 8.14. The second kappa shape index (κ2) is 6.75. The molecule has 1 aromatic carbocycles. The Morgan fingerprint density at radius 2 is 2.00 bits per heavy atom. The number of hydrogen-bond donors (Lipinski definition) is 1. The van der Waals surface area contributed by atoms with Crippen molar-refractivity contribution in [2.45, 2.75) is 13.5 Å². The van der Waals surface area contributed by atoms with Crippen LogP contribution in [0.2, 0.25) is 0 Å². The maximum atomic E-state index is 5.33. The number of ether oxygens (including phenoxy) is 2. The molecule has 3 aromatic rings. The van der Waals surface area contributed by atoms with E-state index in [2.05, 4.69) is 26.3 Å².